The molecule has 134 valence electrons. The van der Waals surface area contributed by atoms with E-state index in [2.05, 4.69) is 19.7 Å². The van der Waals surface area contributed by atoms with Crippen LogP contribution in [0.1, 0.15) is 16.1 Å². The summed E-state index contributed by atoms with van der Waals surface area (Å²) < 4.78 is 9.48. The second kappa shape index (κ2) is 7.13. The number of aromatic nitrogens is 3. The highest BCUT2D eigenvalue weighted by molar-refractivity contribution is 7.10. The molecule has 27 heavy (non-hydrogen) atoms. The fourth-order valence-corrected chi connectivity index (χ4v) is 3.31. The van der Waals surface area contributed by atoms with Crippen molar-refractivity contribution in [1.82, 2.24) is 14.3 Å². The van der Waals surface area contributed by atoms with Crippen LogP contribution in [0.15, 0.2) is 54.6 Å². The number of ether oxygens (including phenoxy) is 1. The number of anilines is 1. The summed E-state index contributed by atoms with van der Waals surface area (Å²) in [5.41, 5.74) is 2.91. The van der Waals surface area contributed by atoms with Gasteiger partial charge in [0.15, 0.2) is 5.82 Å². The van der Waals surface area contributed by atoms with Gasteiger partial charge in [-0.2, -0.15) is 9.36 Å². The number of carbonyl (C=O) groups is 1. The van der Waals surface area contributed by atoms with E-state index in [4.69, 9.17) is 4.74 Å². The zero-order valence-corrected chi connectivity index (χ0v) is 15.6. The third kappa shape index (κ3) is 3.50. The van der Waals surface area contributed by atoms with Crippen molar-refractivity contribution in [3.8, 4) is 17.1 Å². The van der Waals surface area contributed by atoms with E-state index in [1.807, 2.05) is 55.5 Å². The first-order valence-corrected chi connectivity index (χ1v) is 9.07. The largest absolute Gasteiger partial charge is 0.497 e. The summed E-state index contributed by atoms with van der Waals surface area (Å²) in [6, 6.07) is 16.9. The lowest BCUT2D eigenvalue weighted by Gasteiger charge is -2.06. The van der Waals surface area contributed by atoms with Crippen LogP contribution < -0.4 is 10.1 Å². The molecule has 0 unspecified atom stereocenters. The monoisotopic (exact) mass is 376 g/mol. The summed E-state index contributed by atoms with van der Waals surface area (Å²) in [7, 11) is 1.62. The zero-order valence-electron chi connectivity index (χ0n) is 14.8. The van der Waals surface area contributed by atoms with E-state index in [1.54, 1.807) is 13.2 Å². The fraction of sp³-hybridized carbons (Fsp3) is 0.100. The van der Waals surface area contributed by atoms with Crippen molar-refractivity contribution in [2.24, 2.45) is 0 Å². The Kier molecular flexibility index (Phi) is 4.52. The summed E-state index contributed by atoms with van der Waals surface area (Å²) in [5.74, 6) is 1.07. The van der Waals surface area contributed by atoms with Crippen molar-refractivity contribution >= 4 is 33.5 Å². The van der Waals surface area contributed by atoms with E-state index in [-0.39, 0.29) is 5.91 Å². The standard InChI is InChI=1S/C20H16N4O2S/c1-12-6-7-13-4-3-5-16(17(13)21-12)19(25)23-20-22-18(24-27-20)14-8-10-15(26-2)11-9-14/h3-11H,1-2H3,(H,22,23,24,25). The Bertz CT molecular complexity index is 1120. The molecule has 4 rings (SSSR count). The third-order valence-corrected chi connectivity index (χ3v) is 4.73. The number of hydrogen-bond acceptors (Lipinski definition) is 6. The molecule has 2 heterocycles. The minimum Gasteiger partial charge on any atom is -0.497 e. The van der Waals surface area contributed by atoms with Crippen LogP contribution in [0.25, 0.3) is 22.3 Å². The van der Waals surface area contributed by atoms with Crippen molar-refractivity contribution in [2.75, 3.05) is 12.4 Å². The number of aryl methyl sites for hydroxylation is 1. The van der Waals surface area contributed by atoms with Crippen LogP contribution in [0.4, 0.5) is 5.13 Å². The van der Waals surface area contributed by atoms with Crippen LogP contribution in [0.3, 0.4) is 0 Å². The normalized spacial score (nSPS) is 10.7. The molecule has 0 aliphatic heterocycles. The minimum atomic E-state index is -0.254. The average Bonchev–Trinajstić information content (AvgIpc) is 3.16. The number of carbonyl (C=O) groups excluding carboxylic acids is 1. The summed E-state index contributed by atoms with van der Waals surface area (Å²) in [4.78, 5) is 21.7. The zero-order chi connectivity index (χ0) is 18.8. The predicted octanol–water partition coefficient (Wildman–Crippen LogP) is 4.32. The minimum absolute atomic E-state index is 0.254. The molecule has 0 aliphatic carbocycles. The molecule has 0 radical (unpaired) electrons. The number of benzene rings is 2. The lowest BCUT2D eigenvalue weighted by Crippen LogP contribution is -2.12. The number of amides is 1. The van der Waals surface area contributed by atoms with Gasteiger partial charge in [0.05, 0.1) is 18.2 Å². The van der Waals surface area contributed by atoms with E-state index in [0.717, 1.165) is 33.9 Å². The molecule has 7 heteroatoms. The summed E-state index contributed by atoms with van der Waals surface area (Å²) >= 11 is 1.14. The Morgan fingerprint density at radius 3 is 2.63 bits per heavy atom. The average molecular weight is 376 g/mol. The molecule has 0 spiro atoms. The number of rotatable bonds is 4. The quantitative estimate of drug-likeness (QED) is 0.574. The van der Waals surface area contributed by atoms with Gasteiger partial charge in [0, 0.05) is 28.2 Å². The maximum atomic E-state index is 12.7. The second-order valence-electron chi connectivity index (χ2n) is 5.94. The van der Waals surface area contributed by atoms with E-state index >= 15 is 0 Å². The van der Waals surface area contributed by atoms with Gasteiger partial charge in [0.1, 0.15) is 5.75 Å². The SMILES string of the molecule is COc1ccc(-c2nsc(NC(=O)c3cccc4ccc(C)nc34)n2)cc1. The van der Waals surface area contributed by atoms with Crippen molar-refractivity contribution in [3.05, 3.63) is 65.9 Å². The molecule has 4 aromatic rings. The second-order valence-corrected chi connectivity index (χ2v) is 6.69. The molecule has 2 aromatic heterocycles. The van der Waals surface area contributed by atoms with Gasteiger partial charge in [-0.1, -0.05) is 18.2 Å². The number of nitrogens with zero attached hydrogens (tertiary/aromatic N) is 3. The van der Waals surface area contributed by atoms with Crippen molar-refractivity contribution in [1.29, 1.82) is 0 Å². The van der Waals surface area contributed by atoms with Crippen LogP contribution in [-0.4, -0.2) is 27.4 Å². The molecule has 0 aliphatic rings. The molecular formula is C20H16N4O2S. The molecule has 0 fully saturated rings. The molecule has 0 atom stereocenters. The lowest BCUT2D eigenvalue weighted by molar-refractivity contribution is 0.102. The smallest absolute Gasteiger partial charge is 0.259 e. The van der Waals surface area contributed by atoms with Gasteiger partial charge in [-0.3, -0.25) is 15.1 Å². The van der Waals surface area contributed by atoms with E-state index in [9.17, 15) is 4.79 Å². The summed E-state index contributed by atoms with van der Waals surface area (Å²) in [6.45, 7) is 1.90. The van der Waals surface area contributed by atoms with Crippen LogP contribution in [0, 0.1) is 6.92 Å². The Morgan fingerprint density at radius 2 is 1.85 bits per heavy atom. The molecule has 0 bridgehead atoms. The number of para-hydroxylation sites is 1. The Morgan fingerprint density at radius 1 is 1.04 bits per heavy atom. The highest BCUT2D eigenvalue weighted by Gasteiger charge is 2.14. The fourth-order valence-electron chi connectivity index (χ4n) is 2.72. The van der Waals surface area contributed by atoms with Gasteiger partial charge in [0.2, 0.25) is 5.13 Å². The molecule has 0 saturated carbocycles. The Labute approximate surface area is 160 Å². The van der Waals surface area contributed by atoms with Crippen LogP contribution in [0.5, 0.6) is 5.75 Å². The first-order chi connectivity index (χ1) is 13.1. The maximum Gasteiger partial charge on any atom is 0.259 e. The van der Waals surface area contributed by atoms with Gasteiger partial charge in [-0.25, -0.2) is 0 Å². The van der Waals surface area contributed by atoms with Crippen LogP contribution >= 0.6 is 11.5 Å². The van der Waals surface area contributed by atoms with Gasteiger partial charge in [-0.05, 0) is 43.3 Å². The molecule has 2 aromatic carbocycles. The van der Waals surface area contributed by atoms with Crippen molar-refractivity contribution in [2.45, 2.75) is 6.92 Å². The summed E-state index contributed by atoms with van der Waals surface area (Å²) in [5, 5.41) is 4.18. The highest BCUT2D eigenvalue weighted by atomic mass is 32.1. The number of pyridine rings is 1. The predicted molar refractivity (Wildman–Crippen MR) is 106 cm³/mol. The Balaban J connectivity index is 1.59. The Hall–Kier alpha value is -3.32. The van der Waals surface area contributed by atoms with E-state index < -0.39 is 0 Å². The van der Waals surface area contributed by atoms with Gasteiger partial charge in [0.25, 0.3) is 5.91 Å². The van der Waals surface area contributed by atoms with Crippen LogP contribution in [0.2, 0.25) is 0 Å². The lowest BCUT2D eigenvalue weighted by atomic mass is 10.1. The van der Waals surface area contributed by atoms with Gasteiger partial charge < -0.3 is 4.74 Å². The third-order valence-electron chi connectivity index (χ3n) is 4.10. The molecular weight excluding hydrogens is 360 g/mol. The summed E-state index contributed by atoms with van der Waals surface area (Å²) in [6.07, 6.45) is 0. The van der Waals surface area contributed by atoms with E-state index in [1.165, 1.54) is 0 Å². The maximum absolute atomic E-state index is 12.7. The van der Waals surface area contributed by atoms with Crippen molar-refractivity contribution in [3.63, 3.8) is 0 Å². The first kappa shape index (κ1) is 17.1. The molecule has 1 amide bonds. The van der Waals surface area contributed by atoms with Crippen molar-refractivity contribution < 1.29 is 9.53 Å². The topological polar surface area (TPSA) is 77.0 Å². The number of methoxy groups -OCH3 is 1. The first-order valence-electron chi connectivity index (χ1n) is 8.30. The highest BCUT2D eigenvalue weighted by Crippen LogP contribution is 2.24. The number of fused-ring (bicyclic) bond motifs is 1. The van der Waals surface area contributed by atoms with Gasteiger partial charge >= 0.3 is 0 Å². The number of hydrogen-bond donors (Lipinski definition) is 1. The molecule has 6 nitrogen and oxygen atoms in total. The molecule has 1 N–H and O–H groups in total. The van der Waals surface area contributed by atoms with Gasteiger partial charge in [-0.15, -0.1) is 0 Å². The van der Waals surface area contributed by atoms with Crippen LogP contribution in [-0.2, 0) is 0 Å². The van der Waals surface area contributed by atoms with E-state index in [0.29, 0.717) is 22.0 Å². The number of nitrogens with one attached hydrogen (secondary N) is 1. The molecule has 0 saturated heterocycles.